The van der Waals surface area contributed by atoms with E-state index in [0.717, 1.165) is 48.3 Å². The van der Waals surface area contributed by atoms with Crippen LogP contribution in [0, 0.1) is 23.2 Å². The quantitative estimate of drug-likeness (QED) is 0.686. The van der Waals surface area contributed by atoms with E-state index in [1.54, 1.807) is 10.9 Å². The summed E-state index contributed by atoms with van der Waals surface area (Å²) in [5.74, 6) is 2.35. The highest BCUT2D eigenvalue weighted by molar-refractivity contribution is 6.30. The highest BCUT2D eigenvalue weighted by atomic mass is 35.5. The summed E-state index contributed by atoms with van der Waals surface area (Å²) in [6.07, 6.45) is 11.0. The molecule has 4 fully saturated rings. The predicted molar refractivity (Wildman–Crippen MR) is 119 cm³/mol. The maximum atomic E-state index is 13.0. The zero-order chi connectivity index (χ0) is 21.4. The Morgan fingerprint density at radius 3 is 2.32 bits per heavy atom. The average Bonchev–Trinajstić information content (AvgIpc) is 3.21. The van der Waals surface area contributed by atoms with Gasteiger partial charge in [0, 0.05) is 41.7 Å². The molecule has 4 bridgehead atoms. The lowest BCUT2D eigenvalue weighted by Gasteiger charge is -2.55. The molecule has 4 aliphatic rings. The lowest BCUT2D eigenvalue weighted by Crippen LogP contribution is -2.53. The van der Waals surface area contributed by atoms with E-state index in [2.05, 4.69) is 15.7 Å². The minimum absolute atomic E-state index is 0.0648. The summed E-state index contributed by atoms with van der Waals surface area (Å²) in [7, 11) is 0. The highest BCUT2D eigenvalue weighted by Gasteiger charge is 2.54. The number of aromatic nitrogens is 2. The Bertz CT molecular complexity index is 933. The predicted octanol–water partition coefficient (Wildman–Crippen LogP) is 3.86. The monoisotopic (exact) mass is 440 g/mol. The fraction of sp³-hybridized carbons (Fsp3) is 0.542. The van der Waals surface area contributed by atoms with E-state index in [1.165, 1.54) is 19.3 Å². The van der Waals surface area contributed by atoms with Crippen molar-refractivity contribution in [3.63, 3.8) is 0 Å². The molecule has 1 aromatic carbocycles. The van der Waals surface area contributed by atoms with Gasteiger partial charge in [0.1, 0.15) is 0 Å². The van der Waals surface area contributed by atoms with Crippen LogP contribution in [-0.2, 0) is 16.1 Å². The second-order valence-corrected chi connectivity index (χ2v) is 10.2. The first-order valence-electron chi connectivity index (χ1n) is 11.3. The molecule has 0 saturated heterocycles. The number of carbonyl (C=O) groups excluding carboxylic acids is 2. The summed E-state index contributed by atoms with van der Waals surface area (Å²) in [5, 5.41) is 11.0. The molecule has 6 rings (SSSR count). The molecule has 2 amide bonds. The van der Waals surface area contributed by atoms with Gasteiger partial charge in [-0.3, -0.25) is 9.59 Å². The van der Waals surface area contributed by atoms with E-state index >= 15 is 0 Å². The van der Waals surface area contributed by atoms with Crippen molar-refractivity contribution in [2.24, 2.45) is 23.2 Å². The van der Waals surface area contributed by atoms with Crippen LogP contribution in [0.4, 0.5) is 0 Å². The normalized spacial score (nSPS) is 28.5. The molecule has 6 nitrogen and oxygen atoms in total. The second kappa shape index (κ2) is 8.30. The van der Waals surface area contributed by atoms with Gasteiger partial charge >= 0.3 is 0 Å². The number of carbonyl (C=O) groups is 2. The minimum Gasteiger partial charge on any atom is -0.355 e. The summed E-state index contributed by atoms with van der Waals surface area (Å²) < 4.78 is 1.75. The van der Waals surface area contributed by atoms with Crippen LogP contribution < -0.4 is 10.6 Å². The molecule has 0 spiro atoms. The highest BCUT2D eigenvalue weighted by Crippen LogP contribution is 2.60. The summed E-state index contributed by atoms with van der Waals surface area (Å²) in [5.41, 5.74) is 1.68. The zero-order valence-electron chi connectivity index (χ0n) is 17.6. The maximum Gasteiger partial charge on any atom is 0.226 e. The van der Waals surface area contributed by atoms with Gasteiger partial charge < -0.3 is 10.6 Å². The molecule has 0 aliphatic heterocycles. The Morgan fingerprint density at radius 2 is 1.68 bits per heavy atom. The molecule has 0 unspecified atom stereocenters. The van der Waals surface area contributed by atoms with Crippen LogP contribution in [0.5, 0.6) is 0 Å². The first kappa shape index (κ1) is 20.6. The molecule has 1 aromatic heterocycles. The lowest BCUT2D eigenvalue weighted by molar-refractivity contribution is -0.146. The maximum absolute atomic E-state index is 13.0. The van der Waals surface area contributed by atoms with Crippen molar-refractivity contribution in [1.29, 1.82) is 0 Å². The number of benzene rings is 1. The number of halogens is 1. The van der Waals surface area contributed by atoms with Gasteiger partial charge in [-0.25, -0.2) is 4.68 Å². The van der Waals surface area contributed by atoms with E-state index in [4.69, 9.17) is 11.6 Å². The van der Waals surface area contributed by atoms with Crippen LogP contribution in [-0.4, -0.2) is 28.1 Å². The SMILES string of the molecule is O=C(CCNC(=O)C12CC3CC(CC(C3)C1)C2)NCc1cnn(-c2ccc(Cl)cc2)c1. The zero-order valence-corrected chi connectivity index (χ0v) is 18.4. The van der Waals surface area contributed by atoms with E-state index < -0.39 is 0 Å². The Labute approximate surface area is 187 Å². The second-order valence-electron chi connectivity index (χ2n) is 9.75. The summed E-state index contributed by atoms with van der Waals surface area (Å²) in [6.45, 7) is 0.811. The first-order valence-corrected chi connectivity index (χ1v) is 11.7. The van der Waals surface area contributed by atoms with Gasteiger partial charge in [0.05, 0.1) is 11.9 Å². The number of rotatable bonds is 7. The molecule has 2 N–H and O–H groups in total. The van der Waals surface area contributed by atoms with Gasteiger partial charge in [-0.15, -0.1) is 0 Å². The Morgan fingerprint density at radius 1 is 1.03 bits per heavy atom. The van der Waals surface area contributed by atoms with Gasteiger partial charge in [-0.2, -0.15) is 5.10 Å². The largest absolute Gasteiger partial charge is 0.355 e. The third kappa shape index (κ3) is 4.36. The molecular formula is C24H29ClN4O2. The fourth-order valence-electron chi connectivity index (χ4n) is 6.34. The van der Waals surface area contributed by atoms with Crippen LogP contribution in [0.25, 0.3) is 5.69 Å². The topological polar surface area (TPSA) is 76.0 Å². The molecule has 4 saturated carbocycles. The minimum atomic E-state index is -0.151. The number of nitrogens with one attached hydrogen (secondary N) is 2. The third-order valence-corrected chi connectivity index (χ3v) is 7.63. The molecule has 4 aliphatic carbocycles. The van der Waals surface area contributed by atoms with Gasteiger partial charge in [0.2, 0.25) is 11.8 Å². The number of hydrogen-bond acceptors (Lipinski definition) is 3. The average molecular weight is 441 g/mol. The smallest absolute Gasteiger partial charge is 0.226 e. The molecule has 164 valence electrons. The van der Waals surface area contributed by atoms with Gasteiger partial charge in [0.25, 0.3) is 0 Å². The van der Waals surface area contributed by atoms with Crippen molar-refractivity contribution >= 4 is 23.4 Å². The lowest BCUT2D eigenvalue weighted by atomic mass is 9.49. The Hall–Kier alpha value is -2.34. The van der Waals surface area contributed by atoms with E-state index in [-0.39, 0.29) is 17.2 Å². The summed E-state index contributed by atoms with van der Waals surface area (Å²) in [4.78, 5) is 25.2. The number of hydrogen-bond donors (Lipinski definition) is 2. The van der Waals surface area contributed by atoms with Crippen molar-refractivity contribution < 1.29 is 9.59 Å². The van der Waals surface area contributed by atoms with Crippen molar-refractivity contribution in [2.75, 3.05) is 6.54 Å². The summed E-state index contributed by atoms with van der Waals surface area (Å²) >= 11 is 5.92. The Balaban J connectivity index is 1.07. The van der Waals surface area contributed by atoms with Gasteiger partial charge in [0.15, 0.2) is 0 Å². The van der Waals surface area contributed by atoms with Crippen LogP contribution >= 0.6 is 11.6 Å². The van der Waals surface area contributed by atoms with Crippen LogP contribution in [0.3, 0.4) is 0 Å². The van der Waals surface area contributed by atoms with Crippen LogP contribution in [0.15, 0.2) is 36.7 Å². The van der Waals surface area contributed by atoms with Crippen molar-refractivity contribution in [1.82, 2.24) is 20.4 Å². The standard InChI is InChI=1S/C24H29ClN4O2/c25-20-1-3-21(4-2-20)29-15-19(14-28-29)13-27-22(30)5-6-26-23(31)24-10-16-7-17(11-24)9-18(8-16)12-24/h1-4,14-18H,5-13H2,(H,26,31)(H,27,30). The molecule has 2 aromatic rings. The van der Waals surface area contributed by atoms with Crippen LogP contribution in [0.1, 0.15) is 50.5 Å². The first-order chi connectivity index (χ1) is 15.0. The summed E-state index contributed by atoms with van der Waals surface area (Å²) in [6, 6.07) is 7.42. The Kier molecular flexibility index (Phi) is 5.51. The molecule has 1 heterocycles. The van der Waals surface area contributed by atoms with Gasteiger partial charge in [-0.1, -0.05) is 11.6 Å². The fourth-order valence-corrected chi connectivity index (χ4v) is 6.47. The van der Waals surface area contributed by atoms with Crippen molar-refractivity contribution in [2.45, 2.75) is 51.5 Å². The molecular weight excluding hydrogens is 412 g/mol. The van der Waals surface area contributed by atoms with Crippen LogP contribution in [0.2, 0.25) is 5.02 Å². The van der Waals surface area contributed by atoms with E-state index in [9.17, 15) is 9.59 Å². The number of nitrogens with zero attached hydrogens (tertiary/aromatic N) is 2. The molecule has 0 radical (unpaired) electrons. The van der Waals surface area contributed by atoms with E-state index in [0.29, 0.717) is 24.5 Å². The molecule has 7 heteroatoms. The number of amides is 2. The third-order valence-electron chi connectivity index (χ3n) is 7.37. The van der Waals surface area contributed by atoms with Gasteiger partial charge in [-0.05, 0) is 80.5 Å². The molecule has 0 atom stereocenters. The molecule has 31 heavy (non-hydrogen) atoms. The van der Waals surface area contributed by atoms with E-state index in [1.807, 2.05) is 30.5 Å². The van der Waals surface area contributed by atoms with Crippen molar-refractivity contribution in [3.8, 4) is 5.69 Å². The van der Waals surface area contributed by atoms with Crippen molar-refractivity contribution in [3.05, 3.63) is 47.2 Å².